The number of hydrogen-bond acceptors (Lipinski definition) is 3. The molecular formula is C13H10F2N2OS. The van der Waals surface area contributed by atoms with E-state index in [0.717, 1.165) is 17.4 Å². The van der Waals surface area contributed by atoms with Crippen molar-refractivity contribution < 1.29 is 13.6 Å². The van der Waals surface area contributed by atoms with Gasteiger partial charge in [-0.25, -0.2) is 13.8 Å². The zero-order chi connectivity index (χ0) is 13.6. The lowest BCUT2D eigenvalue weighted by atomic mass is 10.1. The van der Waals surface area contributed by atoms with Crippen LogP contribution in [0.15, 0.2) is 24.8 Å². The SMILES string of the molecule is C=CC1CC(=O)N(c2nc3c(F)cc(F)cc3s2)C1. The van der Waals surface area contributed by atoms with Crippen LogP contribution in [0.2, 0.25) is 0 Å². The van der Waals surface area contributed by atoms with Gasteiger partial charge in [-0.3, -0.25) is 9.69 Å². The van der Waals surface area contributed by atoms with Gasteiger partial charge in [0.15, 0.2) is 10.9 Å². The molecular weight excluding hydrogens is 270 g/mol. The van der Waals surface area contributed by atoms with Crippen LogP contribution in [0.4, 0.5) is 13.9 Å². The Hall–Kier alpha value is -1.82. The second-order valence-electron chi connectivity index (χ2n) is 4.44. The van der Waals surface area contributed by atoms with Gasteiger partial charge in [-0.05, 0) is 6.07 Å². The lowest BCUT2D eigenvalue weighted by Gasteiger charge is -2.11. The number of fused-ring (bicyclic) bond motifs is 1. The summed E-state index contributed by atoms with van der Waals surface area (Å²) in [6, 6.07) is 2.02. The normalized spacial score (nSPS) is 19.4. The Morgan fingerprint density at radius 1 is 1.47 bits per heavy atom. The maximum Gasteiger partial charge on any atom is 0.229 e. The summed E-state index contributed by atoms with van der Waals surface area (Å²) in [4.78, 5) is 17.5. The monoisotopic (exact) mass is 280 g/mol. The van der Waals surface area contributed by atoms with Crippen molar-refractivity contribution in [3.63, 3.8) is 0 Å². The van der Waals surface area contributed by atoms with E-state index in [-0.39, 0.29) is 17.3 Å². The number of rotatable bonds is 2. The maximum absolute atomic E-state index is 13.6. The molecule has 1 aliphatic heterocycles. The number of thiazole rings is 1. The molecule has 1 aromatic carbocycles. The largest absolute Gasteiger partial charge is 0.287 e. The van der Waals surface area contributed by atoms with Crippen LogP contribution in [0, 0.1) is 17.6 Å². The number of aromatic nitrogens is 1. The predicted octanol–water partition coefficient (Wildman–Crippen LogP) is 3.11. The highest BCUT2D eigenvalue weighted by Crippen LogP contribution is 2.34. The first-order valence-corrected chi connectivity index (χ1v) is 6.58. The van der Waals surface area contributed by atoms with Gasteiger partial charge in [0.2, 0.25) is 5.91 Å². The third kappa shape index (κ3) is 2.02. The van der Waals surface area contributed by atoms with Crippen LogP contribution in [0.3, 0.4) is 0 Å². The molecule has 1 aromatic heterocycles. The summed E-state index contributed by atoms with van der Waals surface area (Å²) in [5, 5.41) is 0.411. The molecule has 1 aliphatic rings. The number of halogens is 2. The molecule has 0 radical (unpaired) electrons. The van der Waals surface area contributed by atoms with Crippen LogP contribution < -0.4 is 4.90 Å². The van der Waals surface area contributed by atoms with Gasteiger partial charge in [-0.15, -0.1) is 6.58 Å². The first-order chi connectivity index (χ1) is 9.08. The summed E-state index contributed by atoms with van der Waals surface area (Å²) < 4.78 is 27.1. The van der Waals surface area contributed by atoms with Crippen molar-refractivity contribution in [1.29, 1.82) is 0 Å². The van der Waals surface area contributed by atoms with Gasteiger partial charge >= 0.3 is 0 Å². The van der Waals surface area contributed by atoms with Crippen molar-refractivity contribution >= 4 is 32.6 Å². The highest BCUT2D eigenvalue weighted by Gasteiger charge is 2.31. The molecule has 3 nitrogen and oxygen atoms in total. The molecule has 0 N–H and O–H groups in total. The molecule has 1 atom stereocenters. The number of benzene rings is 1. The summed E-state index contributed by atoms with van der Waals surface area (Å²) in [6.45, 7) is 4.16. The zero-order valence-corrected chi connectivity index (χ0v) is 10.7. The minimum Gasteiger partial charge on any atom is -0.287 e. The minimum absolute atomic E-state index is 0.0650. The molecule has 0 saturated carbocycles. The van der Waals surface area contributed by atoms with Gasteiger partial charge in [0.05, 0.1) is 4.70 Å². The average Bonchev–Trinajstić information content (AvgIpc) is 2.92. The Morgan fingerprint density at radius 3 is 2.95 bits per heavy atom. The lowest BCUT2D eigenvalue weighted by Crippen LogP contribution is -2.24. The number of anilines is 1. The van der Waals surface area contributed by atoms with Crippen molar-refractivity contribution in [3.8, 4) is 0 Å². The molecule has 0 bridgehead atoms. The molecule has 98 valence electrons. The maximum atomic E-state index is 13.6. The first kappa shape index (κ1) is 12.2. The summed E-state index contributed by atoms with van der Waals surface area (Å²) >= 11 is 1.12. The Labute approximate surface area is 112 Å². The van der Waals surface area contributed by atoms with Crippen molar-refractivity contribution in [2.75, 3.05) is 11.4 Å². The predicted molar refractivity (Wildman–Crippen MR) is 70.2 cm³/mol. The molecule has 0 spiro atoms. The molecule has 19 heavy (non-hydrogen) atoms. The first-order valence-electron chi connectivity index (χ1n) is 5.77. The number of hydrogen-bond donors (Lipinski definition) is 0. The molecule has 6 heteroatoms. The zero-order valence-electron chi connectivity index (χ0n) is 9.90. The van der Waals surface area contributed by atoms with E-state index in [1.807, 2.05) is 0 Å². The second kappa shape index (κ2) is 4.38. The molecule has 1 unspecified atom stereocenters. The Balaban J connectivity index is 2.04. The lowest BCUT2D eigenvalue weighted by molar-refractivity contribution is -0.117. The molecule has 1 amide bonds. The van der Waals surface area contributed by atoms with Crippen LogP contribution >= 0.6 is 11.3 Å². The highest BCUT2D eigenvalue weighted by molar-refractivity contribution is 7.22. The van der Waals surface area contributed by atoms with Crippen LogP contribution in [0.25, 0.3) is 10.2 Å². The number of amides is 1. The quantitative estimate of drug-likeness (QED) is 0.792. The van der Waals surface area contributed by atoms with E-state index in [4.69, 9.17) is 0 Å². The highest BCUT2D eigenvalue weighted by atomic mass is 32.1. The number of carbonyl (C=O) groups excluding carboxylic acids is 1. The van der Waals surface area contributed by atoms with Crippen LogP contribution in [0.1, 0.15) is 6.42 Å². The van der Waals surface area contributed by atoms with Crippen LogP contribution in [0.5, 0.6) is 0 Å². The average molecular weight is 280 g/mol. The van der Waals surface area contributed by atoms with Crippen molar-refractivity contribution in [2.45, 2.75) is 6.42 Å². The molecule has 2 heterocycles. The summed E-state index contributed by atoms with van der Waals surface area (Å²) in [7, 11) is 0. The summed E-state index contributed by atoms with van der Waals surface area (Å²) in [6.07, 6.45) is 2.11. The van der Waals surface area contributed by atoms with E-state index >= 15 is 0 Å². The Kier molecular flexibility index (Phi) is 2.82. The summed E-state index contributed by atoms with van der Waals surface area (Å²) in [5.41, 5.74) is 0.108. The fraction of sp³-hybridized carbons (Fsp3) is 0.231. The fourth-order valence-electron chi connectivity index (χ4n) is 2.14. The van der Waals surface area contributed by atoms with Crippen molar-refractivity contribution in [1.82, 2.24) is 4.98 Å². The molecule has 2 aromatic rings. The minimum atomic E-state index is -0.704. The number of nitrogens with zero attached hydrogens (tertiary/aromatic N) is 2. The van der Waals surface area contributed by atoms with Gasteiger partial charge in [0.1, 0.15) is 11.3 Å². The van der Waals surface area contributed by atoms with Gasteiger partial charge in [-0.2, -0.15) is 0 Å². The van der Waals surface area contributed by atoms with Gasteiger partial charge in [-0.1, -0.05) is 17.4 Å². The molecule has 1 saturated heterocycles. The van der Waals surface area contributed by atoms with E-state index in [0.29, 0.717) is 22.8 Å². The molecule has 0 aliphatic carbocycles. The van der Waals surface area contributed by atoms with Crippen molar-refractivity contribution in [2.24, 2.45) is 5.92 Å². The van der Waals surface area contributed by atoms with Gasteiger partial charge in [0.25, 0.3) is 0 Å². The fourth-order valence-corrected chi connectivity index (χ4v) is 3.17. The van der Waals surface area contributed by atoms with E-state index in [1.165, 1.54) is 11.0 Å². The third-order valence-electron chi connectivity index (χ3n) is 3.12. The van der Waals surface area contributed by atoms with Gasteiger partial charge < -0.3 is 0 Å². The van der Waals surface area contributed by atoms with E-state index in [2.05, 4.69) is 11.6 Å². The van der Waals surface area contributed by atoms with E-state index in [9.17, 15) is 13.6 Å². The standard InChI is InChI=1S/C13H10F2N2OS/c1-2-7-3-11(18)17(6-7)13-16-12-9(15)4-8(14)5-10(12)19-13/h2,4-5,7H,1,3,6H2. The van der Waals surface area contributed by atoms with Crippen molar-refractivity contribution in [3.05, 3.63) is 36.4 Å². The Bertz CT molecular complexity index is 683. The molecule has 1 fully saturated rings. The molecule has 3 rings (SSSR count). The van der Waals surface area contributed by atoms with E-state index in [1.54, 1.807) is 6.08 Å². The van der Waals surface area contributed by atoms with Crippen LogP contribution in [-0.2, 0) is 4.79 Å². The number of carbonyl (C=O) groups is 1. The third-order valence-corrected chi connectivity index (χ3v) is 4.15. The second-order valence-corrected chi connectivity index (χ2v) is 5.44. The van der Waals surface area contributed by atoms with Crippen LogP contribution in [-0.4, -0.2) is 17.4 Å². The smallest absolute Gasteiger partial charge is 0.229 e. The van der Waals surface area contributed by atoms with Gasteiger partial charge in [0, 0.05) is 24.9 Å². The topological polar surface area (TPSA) is 33.2 Å². The summed E-state index contributed by atoms with van der Waals surface area (Å²) in [5.74, 6) is -1.33. The van der Waals surface area contributed by atoms with E-state index < -0.39 is 11.6 Å². The Morgan fingerprint density at radius 2 is 2.26 bits per heavy atom.